The first-order valence-corrected chi connectivity index (χ1v) is 0.842. The molecule has 4 heteroatoms. The first kappa shape index (κ1) is 17.0. The van der Waals surface area contributed by atoms with Gasteiger partial charge >= 0.3 is 53.3 Å². The molecule has 0 heterocycles. The van der Waals surface area contributed by atoms with Crippen molar-refractivity contribution in [1.29, 1.82) is 0 Å². The van der Waals surface area contributed by atoms with E-state index in [0.717, 1.165) is 20.4 Å². The molecule has 0 radical (unpaired) electrons. The Morgan fingerprint density at radius 3 is 1.25 bits per heavy atom. The van der Waals surface area contributed by atoms with Crippen LogP contribution in [0.1, 0.15) is 0 Å². The molecule has 0 aromatic carbocycles. The van der Waals surface area contributed by atoms with Crippen LogP contribution >= 0.6 is 0 Å². The molecule has 0 unspecified atom stereocenters. The van der Waals surface area contributed by atoms with Crippen LogP contribution in [0.4, 0.5) is 0 Å². The SMILES string of the molecule is [Cl-].[Na+].[O]=[Ti]. The molecular weight excluding hydrogens is 122 g/mol. The molecule has 0 saturated heterocycles. The van der Waals surface area contributed by atoms with Crippen LogP contribution in [0.25, 0.3) is 0 Å². The number of hydrogen-bond donors (Lipinski definition) is 0. The number of hydrogen-bond acceptors (Lipinski definition) is 1. The topological polar surface area (TPSA) is 17.1 Å². The van der Waals surface area contributed by atoms with Gasteiger partial charge < -0.3 is 12.4 Å². The molecule has 0 aromatic heterocycles. The Hall–Kier alpha value is 1.80. The molecule has 4 heavy (non-hydrogen) atoms. The molecule has 0 saturated carbocycles. The van der Waals surface area contributed by atoms with Crippen molar-refractivity contribution in [2.75, 3.05) is 0 Å². The van der Waals surface area contributed by atoms with E-state index in [0.29, 0.717) is 0 Å². The summed E-state index contributed by atoms with van der Waals surface area (Å²) in [5.41, 5.74) is 0. The fourth-order valence-electron chi connectivity index (χ4n) is 0. The Kier molecular flexibility index (Phi) is 91.0. The van der Waals surface area contributed by atoms with Crippen LogP contribution in [-0.2, 0) is 23.7 Å². The van der Waals surface area contributed by atoms with Crippen molar-refractivity contribution in [2.45, 2.75) is 0 Å². The van der Waals surface area contributed by atoms with E-state index < -0.39 is 0 Å². The zero-order chi connectivity index (χ0) is 2.00. The van der Waals surface area contributed by atoms with Crippen LogP contribution in [0.2, 0.25) is 0 Å². The van der Waals surface area contributed by atoms with Crippen molar-refractivity contribution in [3.8, 4) is 0 Å². The van der Waals surface area contributed by atoms with E-state index in [1.54, 1.807) is 0 Å². The van der Waals surface area contributed by atoms with Crippen LogP contribution < -0.4 is 42.0 Å². The van der Waals surface area contributed by atoms with Crippen molar-refractivity contribution in [3.05, 3.63) is 0 Å². The van der Waals surface area contributed by atoms with Gasteiger partial charge in [0.1, 0.15) is 0 Å². The van der Waals surface area contributed by atoms with Crippen molar-refractivity contribution in [3.63, 3.8) is 0 Å². The molecule has 0 rings (SSSR count). The molecule has 0 atom stereocenters. The first-order valence-electron chi connectivity index (χ1n) is 0.204. The Morgan fingerprint density at radius 2 is 1.25 bits per heavy atom. The Balaban J connectivity index is -0.00000000500. The zero-order valence-electron chi connectivity index (χ0n) is 2.29. The monoisotopic (exact) mass is 122 g/mol. The molecule has 0 aliphatic heterocycles. The minimum absolute atomic E-state index is 0. The van der Waals surface area contributed by atoms with E-state index in [2.05, 4.69) is 0 Å². The molecule has 1 nitrogen and oxygen atoms in total. The summed E-state index contributed by atoms with van der Waals surface area (Å²) in [6.45, 7) is 0. The Bertz CT molecular complexity index is 8.00. The van der Waals surface area contributed by atoms with E-state index in [9.17, 15) is 0 Å². The summed E-state index contributed by atoms with van der Waals surface area (Å²) < 4.78 is 8.25. The molecular formula is ClNaOTi. The second kappa shape index (κ2) is 21.4. The van der Waals surface area contributed by atoms with Gasteiger partial charge in [0.25, 0.3) is 0 Å². The fraction of sp³-hybridized carbons (Fsp3) is 0. The number of rotatable bonds is 0. The molecule has 0 amide bonds. The summed E-state index contributed by atoms with van der Waals surface area (Å²) >= 11 is 0.750. The van der Waals surface area contributed by atoms with E-state index in [4.69, 9.17) is 3.32 Å². The third kappa shape index (κ3) is 9.19. The number of halogens is 1. The Morgan fingerprint density at radius 1 is 1.25 bits per heavy atom. The van der Waals surface area contributed by atoms with Gasteiger partial charge in [-0.1, -0.05) is 0 Å². The van der Waals surface area contributed by atoms with Crippen LogP contribution in [0.15, 0.2) is 0 Å². The van der Waals surface area contributed by atoms with Gasteiger partial charge in [-0.2, -0.15) is 0 Å². The van der Waals surface area contributed by atoms with Gasteiger partial charge in [-0.05, 0) is 0 Å². The van der Waals surface area contributed by atoms with Crippen molar-refractivity contribution >= 4 is 0 Å². The van der Waals surface area contributed by atoms with Gasteiger partial charge in [0.05, 0.1) is 0 Å². The van der Waals surface area contributed by atoms with Crippen molar-refractivity contribution in [1.82, 2.24) is 0 Å². The maximum absolute atomic E-state index is 8.25. The first-order chi connectivity index (χ1) is 1.00. The third-order valence-electron chi connectivity index (χ3n) is 0. The normalized spacial score (nSPS) is 0.750. The predicted molar refractivity (Wildman–Crippen MR) is 0.686 cm³/mol. The van der Waals surface area contributed by atoms with Crippen LogP contribution in [-0.4, -0.2) is 0 Å². The molecule has 0 N–H and O–H groups in total. The molecule has 0 aliphatic rings. The van der Waals surface area contributed by atoms with Crippen LogP contribution in [0.3, 0.4) is 0 Å². The Labute approximate surface area is 65.0 Å². The molecule has 0 spiro atoms. The van der Waals surface area contributed by atoms with E-state index >= 15 is 0 Å². The summed E-state index contributed by atoms with van der Waals surface area (Å²) in [6.07, 6.45) is 0. The van der Waals surface area contributed by atoms with Crippen molar-refractivity contribution in [2.24, 2.45) is 0 Å². The molecule has 18 valence electrons. The van der Waals surface area contributed by atoms with E-state index in [1.807, 2.05) is 0 Å². The summed E-state index contributed by atoms with van der Waals surface area (Å²) in [5.74, 6) is 0. The third-order valence-corrected chi connectivity index (χ3v) is 0. The molecule has 0 aromatic rings. The van der Waals surface area contributed by atoms with E-state index in [1.165, 1.54) is 0 Å². The summed E-state index contributed by atoms with van der Waals surface area (Å²) in [7, 11) is 0. The predicted octanol–water partition coefficient (Wildman–Crippen LogP) is -6.11. The van der Waals surface area contributed by atoms with Gasteiger partial charge in [-0.25, -0.2) is 0 Å². The average molecular weight is 122 g/mol. The second-order valence-electron chi connectivity index (χ2n) is 0. The second-order valence-corrected chi connectivity index (χ2v) is 0. The molecule has 0 aliphatic carbocycles. The molecule has 0 bridgehead atoms. The molecule has 0 fully saturated rings. The van der Waals surface area contributed by atoms with Crippen molar-refractivity contribution < 1.29 is 65.7 Å². The maximum atomic E-state index is 8.25. The van der Waals surface area contributed by atoms with Gasteiger partial charge in [-0.3, -0.25) is 0 Å². The summed E-state index contributed by atoms with van der Waals surface area (Å²) in [4.78, 5) is 0. The minimum atomic E-state index is 0. The fourth-order valence-corrected chi connectivity index (χ4v) is 0. The van der Waals surface area contributed by atoms with Gasteiger partial charge in [0.15, 0.2) is 0 Å². The van der Waals surface area contributed by atoms with E-state index in [-0.39, 0.29) is 42.0 Å². The standard InChI is InChI=1S/ClH.Na.O.Ti/h1H;;;/q;+1;;/p-1. The van der Waals surface area contributed by atoms with Gasteiger partial charge in [0.2, 0.25) is 0 Å². The summed E-state index contributed by atoms with van der Waals surface area (Å²) in [6, 6.07) is 0. The van der Waals surface area contributed by atoms with Crippen LogP contribution in [0, 0.1) is 0 Å². The van der Waals surface area contributed by atoms with Crippen LogP contribution in [0.5, 0.6) is 0 Å². The zero-order valence-corrected chi connectivity index (χ0v) is 6.60. The van der Waals surface area contributed by atoms with Gasteiger partial charge in [0, 0.05) is 0 Å². The average Bonchev–Trinajstić information content (AvgIpc) is 1.00. The summed E-state index contributed by atoms with van der Waals surface area (Å²) in [5, 5.41) is 0. The quantitative estimate of drug-likeness (QED) is 0.292. The van der Waals surface area contributed by atoms with Gasteiger partial charge in [-0.15, -0.1) is 0 Å².